The third-order valence-corrected chi connectivity index (χ3v) is 5.09. The highest BCUT2D eigenvalue weighted by Gasteiger charge is 2.53. The second-order valence-corrected chi connectivity index (χ2v) is 7.12. The van der Waals surface area contributed by atoms with E-state index in [0.717, 1.165) is 10.8 Å². The number of fused-ring (bicyclic) bond motifs is 1. The summed E-state index contributed by atoms with van der Waals surface area (Å²) in [7, 11) is 0.895. The third-order valence-electron chi connectivity index (χ3n) is 5.09. The number of nitrogens with zero attached hydrogens (tertiary/aromatic N) is 1. The molecule has 1 aliphatic heterocycles. The minimum absolute atomic E-state index is 0.241. The first-order valence-electron chi connectivity index (χ1n) is 8.22. The quantitative estimate of drug-likeness (QED) is 0.810. The fraction of sp³-hybridized carbons (Fsp3) is 0.500. The summed E-state index contributed by atoms with van der Waals surface area (Å²) < 4.78 is 31.9. The van der Waals surface area contributed by atoms with Gasteiger partial charge in [0.25, 0.3) is 0 Å². The van der Waals surface area contributed by atoms with Gasteiger partial charge in [0.2, 0.25) is 5.88 Å². The molecule has 1 saturated heterocycles. The van der Waals surface area contributed by atoms with E-state index in [1.54, 1.807) is 13.2 Å². The highest BCUT2D eigenvalue weighted by molar-refractivity contribution is 6.64. The van der Waals surface area contributed by atoms with Crippen LogP contribution in [0.1, 0.15) is 40.2 Å². The largest absolute Gasteiger partial charge is 0.515 e. The van der Waals surface area contributed by atoms with Gasteiger partial charge in [0.1, 0.15) is 5.82 Å². The fourth-order valence-corrected chi connectivity index (χ4v) is 2.98. The second-order valence-electron chi connectivity index (χ2n) is 7.12. The monoisotopic (exact) mass is 331 g/mol. The number of aryl methyl sites for hydroxylation is 1. The minimum atomic E-state index is -0.667. The zero-order valence-electron chi connectivity index (χ0n) is 15.1. The molecule has 24 heavy (non-hydrogen) atoms. The maximum absolute atomic E-state index is 14.3. The van der Waals surface area contributed by atoms with Crippen molar-refractivity contribution in [2.45, 2.75) is 52.2 Å². The molecule has 1 aromatic carbocycles. The maximum atomic E-state index is 14.3. The average molecular weight is 331 g/mol. The van der Waals surface area contributed by atoms with Crippen LogP contribution in [0.4, 0.5) is 4.39 Å². The number of methoxy groups -OCH3 is 1. The van der Waals surface area contributed by atoms with Crippen LogP contribution in [0.5, 0.6) is 5.88 Å². The lowest BCUT2D eigenvalue weighted by Gasteiger charge is -2.32. The van der Waals surface area contributed by atoms with E-state index < -0.39 is 18.3 Å². The van der Waals surface area contributed by atoms with Crippen molar-refractivity contribution in [3.05, 3.63) is 29.6 Å². The van der Waals surface area contributed by atoms with Crippen molar-refractivity contribution >= 4 is 23.5 Å². The Kier molecular flexibility index (Phi) is 4.08. The number of hydrogen-bond donors (Lipinski definition) is 0. The molecule has 0 N–H and O–H groups in total. The second kappa shape index (κ2) is 5.71. The molecule has 0 radical (unpaired) electrons. The van der Waals surface area contributed by atoms with E-state index in [2.05, 4.69) is 4.98 Å². The Morgan fingerprint density at radius 3 is 2.33 bits per heavy atom. The van der Waals surface area contributed by atoms with Crippen LogP contribution < -0.4 is 10.3 Å². The van der Waals surface area contributed by atoms with Crippen LogP contribution in [0.25, 0.3) is 10.8 Å². The first-order chi connectivity index (χ1) is 11.2. The summed E-state index contributed by atoms with van der Waals surface area (Å²) in [5.41, 5.74) is 0.204. The van der Waals surface area contributed by atoms with Crippen LogP contribution in [-0.2, 0) is 15.7 Å². The number of rotatable bonds is 3. The molecule has 0 spiro atoms. The van der Waals surface area contributed by atoms with Gasteiger partial charge < -0.3 is 14.0 Å². The summed E-state index contributed by atoms with van der Waals surface area (Å²) in [4.78, 5) is 4.54. The molecule has 1 aromatic heterocycles. The van der Waals surface area contributed by atoms with Gasteiger partial charge in [-0.25, -0.2) is 9.37 Å². The standard InChI is InChI=1S/C18H23BFNO3/c1-7-12-13(20)9-8-11-10-14(22-6)21-16(15(11)12)19-23-17(2,3)18(4,5)24-19/h8-10H,7H2,1-6H3. The highest BCUT2D eigenvalue weighted by Crippen LogP contribution is 2.37. The van der Waals surface area contributed by atoms with E-state index in [-0.39, 0.29) is 5.82 Å². The first-order valence-corrected chi connectivity index (χ1v) is 8.22. The van der Waals surface area contributed by atoms with Gasteiger partial charge in [-0.05, 0) is 51.1 Å². The Bertz CT molecular complexity index is 775. The molecule has 0 atom stereocenters. The summed E-state index contributed by atoms with van der Waals surface area (Å²) in [6.45, 7) is 9.86. The molecule has 6 heteroatoms. The van der Waals surface area contributed by atoms with Gasteiger partial charge in [-0.1, -0.05) is 13.0 Å². The number of ether oxygens (including phenoxy) is 1. The zero-order valence-corrected chi connectivity index (χ0v) is 15.1. The summed E-state index contributed by atoms with van der Waals surface area (Å²) in [6, 6.07) is 5.03. The lowest BCUT2D eigenvalue weighted by Crippen LogP contribution is -2.41. The van der Waals surface area contributed by atoms with Crippen molar-refractivity contribution in [2.75, 3.05) is 7.11 Å². The molecule has 2 heterocycles. The van der Waals surface area contributed by atoms with E-state index in [9.17, 15) is 4.39 Å². The molecule has 0 unspecified atom stereocenters. The van der Waals surface area contributed by atoms with Crippen LogP contribution in [-0.4, -0.2) is 30.4 Å². The van der Waals surface area contributed by atoms with Gasteiger partial charge in [-0.2, -0.15) is 0 Å². The fourth-order valence-electron chi connectivity index (χ4n) is 2.98. The normalized spacial score (nSPS) is 19.0. The molecule has 4 nitrogen and oxygen atoms in total. The molecule has 1 aliphatic rings. The molecule has 0 amide bonds. The van der Waals surface area contributed by atoms with Gasteiger partial charge in [0.05, 0.1) is 23.9 Å². The van der Waals surface area contributed by atoms with Crippen molar-refractivity contribution in [3.63, 3.8) is 0 Å². The predicted octanol–water partition coefficient (Wildman–Crippen LogP) is 3.24. The van der Waals surface area contributed by atoms with Crippen LogP contribution in [0.3, 0.4) is 0 Å². The molecular formula is C18H23BFNO3. The topological polar surface area (TPSA) is 40.6 Å². The van der Waals surface area contributed by atoms with Crippen molar-refractivity contribution < 1.29 is 18.4 Å². The smallest absolute Gasteiger partial charge is 0.481 e. The van der Waals surface area contributed by atoms with Crippen molar-refractivity contribution in [1.29, 1.82) is 0 Å². The van der Waals surface area contributed by atoms with Crippen LogP contribution >= 0.6 is 0 Å². The van der Waals surface area contributed by atoms with E-state index in [1.165, 1.54) is 6.07 Å². The van der Waals surface area contributed by atoms with Crippen molar-refractivity contribution in [3.8, 4) is 5.88 Å². The highest BCUT2D eigenvalue weighted by atomic mass is 19.1. The molecular weight excluding hydrogens is 308 g/mol. The number of pyridine rings is 1. The summed E-state index contributed by atoms with van der Waals surface area (Å²) in [5, 5.41) is 1.61. The van der Waals surface area contributed by atoms with Gasteiger partial charge in [-0.3, -0.25) is 0 Å². The van der Waals surface area contributed by atoms with Crippen LogP contribution in [0.15, 0.2) is 18.2 Å². The van der Waals surface area contributed by atoms with Crippen molar-refractivity contribution in [2.24, 2.45) is 0 Å². The molecule has 128 valence electrons. The Morgan fingerprint density at radius 2 is 1.79 bits per heavy atom. The summed E-state index contributed by atoms with van der Waals surface area (Å²) in [5.74, 6) is 0.218. The van der Waals surface area contributed by atoms with E-state index >= 15 is 0 Å². The van der Waals surface area contributed by atoms with Crippen molar-refractivity contribution in [1.82, 2.24) is 4.98 Å². The van der Waals surface area contributed by atoms with Gasteiger partial charge in [0, 0.05) is 11.5 Å². The van der Waals surface area contributed by atoms with Crippen LogP contribution in [0.2, 0.25) is 0 Å². The number of hydrogen-bond acceptors (Lipinski definition) is 4. The van der Waals surface area contributed by atoms with E-state index in [1.807, 2.05) is 40.7 Å². The van der Waals surface area contributed by atoms with Gasteiger partial charge in [0.15, 0.2) is 0 Å². The van der Waals surface area contributed by atoms with Gasteiger partial charge in [-0.15, -0.1) is 0 Å². The summed E-state index contributed by atoms with van der Waals surface area (Å²) >= 11 is 0. The average Bonchev–Trinajstić information content (AvgIpc) is 2.74. The number of aromatic nitrogens is 1. The summed E-state index contributed by atoms with van der Waals surface area (Å²) in [6.07, 6.45) is 0.559. The molecule has 2 aromatic rings. The molecule has 0 bridgehead atoms. The lowest BCUT2D eigenvalue weighted by atomic mass is 9.79. The number of halogens is 1. The SMILES string of the molecule is CCc1c(F)ccc2cc(OC)nc(B3OC(C)(C)C(C)(C)O3)c12. The Hall–Kier alpha value is -1.66. The Balaban J connectivity index is 2.25. The Morgan fingerprint density at radius 1 is 1.17 bits per heavy atom. The molecule has 1 fully saturated rings. The molecule has 0 saturated carbocycles. The first kappa shape index (κ1) is 17.2. The predicted molar refractivity (Wildman–Crippen MR) is 93.3 cm³/mol. The third kappa shape index (κ3) is 2.58. The minimum Gasteiger partial charge on any atom is -0.481 e. The lowest BCUT2D eigenvalue weighted by molar-refractivity contribution is 0.00578. The van der Waals surface area contributed by atoms with Gasteiger partial charge >= 0.3 is 7.12 Å². The maximum Gasteiger partial charge on any atom is 0.515 e. The van der Waals surface area contributed by atoms with Crippen LogP contribution in [0, 0.1) is 5.82 Å². The molecule has 3 rings (SSSR count). The van der Waals surface area contributed by atoms with E-state index in [4.69, 9.17) is 14.0 Å². The Labute approximate surface area is 142 Å². The van der Waals surface area contributed by atoms with E-state index in [0.29, 0.717) is 23.5 Å². The zero-order chi connectivity index (χ0) is 17.7. The molecule has 0 aliphatic carbocycles. The number of benzene rings is 1.